The van der Waals surface area contributed by atoms with Gasteiger partial charge in [0.15, 0.2) is 0 Å². The highest BCUT2D eigenvalue weighted by Gasteiger charge is 2.46. The molecule has 2 aliphatic heterocycles. The van der Waals surface area contributed by atoms with Gasteiger partial charge in [-0.3, -0.25) is 4.79 Å². The van der Waals surface area contributed by atoms with Crippen molar-refractivity contribution in [1.29, 1.82) is 0 Å². The third kappa shape index (κ3) is 2.76. The number of hydrogen-bond acceptors (Lipinski definition) is 3. The van der Waals surface area contributed by atoms with Gasteiger partial charge in [-0.25, -0.2) is 4.39 Å². The molecule has 2 heterocycles. The van der Waals surface area contributed by atoms with E-state index in [4.69, 9.17) is 4.74 Å². The number of methoxy groups -OCH3 is 1. The zero-order valence-electron chi connectivity index (χ0n) is 15.2. The number of rotatable bonds is 2. The monoisotopic (exact) mass is 354 g/mol. The quantitative estimate of drug-likeness (QED) is 0.828. The summed E-state index contributed by atoms with van der Waals surface area (Å²) in [6.07, 6.45) is 2.02. The predicted molar refractivity (Wildman–Crippen MR) is 99.5 cm³/mol. The number of likely N-dealkylation sites (tertiary alicyclic amines) is 1. The Morgan fingerprint density at radius 2 is 1.81 bits per heavy atom. The molecule has 5 heteroatoms. The van der Waals surface area contributed by atoms with Crippen LogP contribution in [0.5, 0.6) is 5.75 Å². The molecule has 0 bridgehead atoms. The van der Waals surface area contributed by atoms with Crippen LogP contribution in [-0.4, -0.2) is 44.6 Å². The summed E-state index contributed by atoms with van der Waals surface area (Å²) >= 11 is 0. The molecule has 2 aliphatic rings. The third-order valence-electron chi connectivity index (χ3n) is 5.81. The van der Waals surface area contributed by atoms with Gasteiger partial charge < -0.3 is 14.5 Å². The first-order chi connectivity index (χ1) is 12.5. The van der Waals surface area contributed by atoms with Gasteiger partial charge in [0.1, 0.15) is 11.6 Å². The van der Waals surface area contributed by atoms with E-state index >= 15 is 0 Å². The van der Waals surface area contributed by atoms with Gasteiger partial charge >= 0.3 is 0 Å². The number of ether oxygens (including phenoxy) is 1. The molecule has 2 aromatic carbocycles. The summed E-state index contributed by atoms with van der Waals surface area (Å²) in [6.45, 7) is 2.68. The molecule has 0 radical (unpaired) electrons. The van der Waals surface area contributed by atoms with E-state index < -0.39 is 0 Å². The van der Waals surface area contributed by atoms with Crippen LogP contribution < -0.4 is 9.64 Å². The molecule has 136 valence electrons. The Morgan fingerprint density at radius 3 is 2.46 bits per heavy atom. The molecule has 0 unspecified atom stereocenters. The summed E-state index contributed by atoms with van der Waals surface area (Å²) in [7, 11) is 3.80. The summed E-state index contributed by atoms with van der Waals surface area (Å²) in [5, 5.41) is 0. The fourth-order valence-electron chi connectivity index (χ4n) is 4.18. The normalized spacial score (nSPS) is 18.8. The van der Waals surface area contributed by atoms with Crippen LogP contribution in [0, 0.1) is 5.82 Å². The van der Waals surface area contributed by atoms with Gasteiger partial charge in [0.25, 0.3) is 5.91 Å². The molecule has 2 aromatic rings. The van der Waals surface area contributed by atoms with Crippen LogP contribution in [-0.2, 0) is 5.41 Å². The summed E-state index contributed by atoms with van der Waals surface area (Å²) in [6, 6.07) is 11.7. The van der Waals surface area contributed by atoms with Crippen molar-refractivity contribution in [2.45, 2.75) is 18.3 Å². The molecule has 0 saturated carbocycles. The van der Waals surface area contributed by atoms with E-state index in [1.54, 1.807) is 19.2 Å². The maximum atomic E-state index is 13.2. The molecular weight excluding hydrogens is 331 g/mol. The first-order valence-corrected chi connectivity index (χ1v) is 8.97. The number of hydrogen-bond donors (Lipinski definition) is 0. The standard InChI is InChI=1S/C21H23FN2O2/c1-23-11-9-21(10-12-23)14-24(19-8-7-17(26-2)13-18(19)21)20(25)15-3-5-16(22)6-4-15/h3-8,13H,9-12,14H2,1-2H3. The van der Waals surface area contributed by atoms with Crippen molar-refractivity contribution in [3.63, 3.8) is 0 Å². The van der Waals surface area contributed by atoms with E-state index in [0.29, 0.717) is 12.1 Å². The molecule has 4 nitrogen and oxygen atoms in total. The van der Waals surface area contributed by atoms with Crippen LogP contribution in [0.1, 0.15) is 28.8 Å². The number of anilines is 1. The summed E-state index contributed by atoms with van der Waals surface area (Å²) in [5.74, 6) is 0.408. The zero-order valence-corrected chi connectivity index (χ0v) is 15.2. The summed E-state index contributed by atoms with van der Waals surface area (Å²) < 4.78 is 18.7. The molecule has 1 fully saturated rings. The van der Waals surface area contributed by atoms with Crippen molar-refractivity contribution in [3.8, 4) is 5.75 Å². The molecule has 0 atom stereocenters. The van der Waals surface area contributed by atoms with Crippen LogP contribution in [0.4, 0.5) is 10.1 Å². The molecule has 1 saturated heterocycles. The Balaban J connectivity index is 1.74. The number of amides is 1. The first kappa shape index (κ1) is 17.0. The SMILES string of the molecule is COc1ccc2c(c1)C1(CCN(C)CC1)CN2C(=O)c1ccc(F)cc1. The average molecular weight is 354 g/mol. The smallest absolute Gasteiger partial charge is 0.258 e. The number of carbonyl (C=O) groups is 1. The van der Waals surface area contributed by atoms with E-state index in [0.717, 1.165) is 37.4 Å². The number of benzene rings is 2. The molecule has 4 rings (SSSR count). The molecule has 1 amide bonds. The fourth-order valence-corrected chi connectivity index (χ4v) is 4.18. The lowest BCUT2D eigenvalue weighted by molar-refractivity contribution is 0.0979. The number of piperidine rings is 1. The minimum absolute atomic E-state index is 0.0356. The van der Waals surface area contributed by atoms with Crippen molar-refractivity contribution in [2.75, 3.05) is 38.7 Å². The van der Waals surface area contributed by atoms with E-state index in [1.807, 2.05) is 17.0 Å². The number of halogens is 1. The van der Waals surface area contributed by atoms with Crippen LogP contribution >= 0.6 is 0 Å². The molecule has 1 spiro atoms. The highest BCUT2D eigenvalue weighted by atomic mass is 19.1. The van der Waals surface area contributed by atoms with Crippen molar-refractivity contribution in [3.05, 3.63) is 59.4 Å². The lowest BCUT2D eigenvalue weighted by atomic mass is 9.74. The van der Waals surface area contributed by atoms with E-state index in [1.165, 1.54) is 17.7 Å². The number of nitrogens with zero attached hydrogens (tertiary/aromatic N) is 2. The van der Waals surface area contributed by atoms with Gasteiger partial charge in [0.05, 0.1) is 7.11 Å². The van der Waals surface area contributed by atoms with Gasteiger partial charge in [0, 0.05) is 23.2 Å². The second-order valence-corrected chi connectivity index (χ2v) is 7.36. The second kappa shape index (κ2) is 6.40. The van der Waals surface area contributed by atoms with Crippen LogP contribution in [0.15, 0.2) is 42.5 Å². The Bertz CT molecular complexity index is 826. The van der Waals surface area contributed by atoms with Crippen molar-refractivity contribution in [2.24, 2.45) is 0 Å². The van der Waals surface area contributed by atoms with Gasteiger partial charge in [-0.05, 0) is 81.0 Å². The van der Waals surface area contributed by atoms with Crippen LogP contribution in [0.25, 0.3) is 0 Å². The highest BCUT2D eigenvalue weighted by Crippen LogP contribution is 2.48. The van der Waals surface area contributed by atoms with E-state index in [2.05, 4.69) is 18.0 Å². The fraction of sp³-hybridized carbons (Fsp3) is 0.381. The Labute approximate surface area is 153 Å². The molecule has 26 heavy (non-hydrogen) atoms. The summed E-state index contributed by atoms with van der Waals surface area (Å²) in [4.78, 5) is 17.3. The first-order valence-electron chi connectivity index (χ1n) is 8.97. The van der Waals surface area contributed by atoms with Gasteiger partial charge in [-0.1, -0.05) is 0 Å². The number of carbonyl (C=O) groups excluding carboxylic acids is 1. The highest BCUT2D eigenvalue weighted by molar-refractivity contribution is 6.07. The van der Waals surface area contributed by atoms with Crippen molar-refractivity contribution < 1.29 is 13.9 Å². The van der Waals surface area contributed by atoms with E-state index in [-0.39, 0.29) is 17.1 Å². The lowest BCUT2D eigenvalue weighted by Crippen LogP contribution is -2.44. The van der Waals surface area contributed by atoms with Gasteiger partial charge in [-0.15, -0.1) is 0 Å². The number of fused-ring (bicyclic) bond motifs is 2. The van der Waals surface area contributed by atoms with Crippen molar-refractivity contribution >= 4 is 11.6 Å². The van der Waals surface area contributed by atoms with Gasteiger partial charge in [0.2, 0.25) is 0 Å². The van der Waals surface area contributed by atoms with Gasteiger partial charge in [-0.2, -0.15) is 0 Å². The van der Waals surface area contributed by atoms with Crippen LogP contribution in [0.3, 0.4) is 0 Å². The lowest BCUT2D eigenvalue weighted by Gasteiger charge is -2.38. The molecule has 0 N–H and O–H groups in total. The molecular formula is C21H23FN2O2. The summed E-state index contributed by atoms with van der Waals surface area (Å²) in [5.41, 5.74) is 2.62. The Kier molecular flexibility index (Phi) is 4.19. The minimum Gasteiger partial charge on any atom is -0.497 e. The second-order valence-electron chi connectivity index (χ2n) is 7.36. The third-order valence-corrected chi connectivity index (χ3v) is 5.81. The maximum absolute atomic E-state index is 13.2. The van der Waals surface area contributed by atoms with Crippen LogP contribution in [0.2, 0.25) is 0 Å². The van der Waals surface area contributed by atoms with Crippen molar-refractivity contribution in [1.82, 2.24) is 4.90 Å². The Hall–Kier alpha value is -2.40. The van der Waals surface area contributed by atoms with E-state index in [9.17, 15) is 9.18 Å². The minimum atomic E-state index is -0.333. The topological polar surface area (TPSA) is 32.8 Å². The molecule has 0 aromatic heterocycles. The average Bonchev–Trinajstić information content (AvgIpc) is 2.98. The maximum Gasteiger partial charge on any atom is 0.258 e. The molecule has 0 aliphatic carbocycles. The Morgan fingerprint density at radius 1 is 1.12 bits per heavy atom. The zero-order chi connectivity index (χ0) is 18.3. The largest absolute Gasteiger partial charge is 0.497 e. The predicted octanol–water partition coefficient (Wildman–Crippen LogP) is 3.46.